The van der Waals surface area contributed by atoms with Crippen LogP contribution in [0.3, 0.4) is 0 Å². The second-order valence-electron chi connectivity index (χ2n) is 8.85. The van der Waals surface area contributed by atoms with E-state index in [9.17, 15) is 9.59 Å². The molecule has 3 heterocycles. The van der Waals surface area contributed by atoms with Crippen molar-refractivity contribution in [2.24, 2.45) is 5.41 Å². The maximum absolute atomic E-state index is 13.5. The van der Waals surface area contributed by atoms with Crippen molar-refractivity contribution in [2.75, 3.05) is 46.9 Å². The van der Waals surface area contributed by atoms with E-state index >= 15 is 0 Å². The van der Waals surface area contributed by atoms with Crippen LogP contribution in [0.4, 0.5) is 0 Å². The van der Waals surface area contributed by atoms with Crippen molar-refractivity contribution in [1.29, 1.82) is 0 Å². The molecular weight excluding hydrogens is 366 g/mol. The summed E-state index contributed by atoms with van der Waals surface area (Å²) in [6.07, 6.45) is 5.22. The zero-order valence-corrected chi connectivity index (χ0v) is 17.7. The minimum Gasteiger partial charge on any atom is -0.497 e. The molecule has 0 unspecified atom stereocenters. The molecule has 3 aliphatic rings. The summed E-state index contributed by atoms with van der Waals surface area (Å²) < 4.78 is 5.20. The van der Waals surface area contributed by atoms with Crippen LogP contribution in [0.25, 0.3) is 0 Å². The number of fused-ring (bicyclic) bond motifs is 1. The molecule has 0 aromatic heterocycles. The van der Waals surface area contributed by atoms with Gasteiger partial charge in [-0.1, -0.05) is 12.1 Å². The van der Waals surface area contributed by atoms with Gasteiger partial charge in [-0.2, -0.15) is 0 Å². The Kier molecular flexibility index (Phi) is 5.81. The molecule has 2 atom stereocenters. The second-order valence-corrected chi connectivity index (χ2v) is 8.85. The van der Waals surface area contributed by atoms with Gasteiger partial charge in [-0.15, -0.1) is 0 Å². The molecule has 3 aliphatic heterocycles. The summed E-state index contributed by atoms with van der Waals surface area (Å²) >= 11 is 0. The summed E-state index contributed by atoms with van der Waals surface area (Å²) in [4.78, 5) is 32.9. The molecule has 1 aromatic rings. The van der Waals surface area contributed by atoms with Gasteiger partial charge in [0.25, 0.3) is 0 Å². The third-order valence-corrected chi connectivity index (χ3v) is 7.27. The zero-order chi connectivity index (χ0) is 20.4. The van der Waals surface area contributed by atoms with Crippen molar-refractivity contribution in [3.05, 3.63) is 29.8 Å². The molecule has 0 saturated carbocycles. The van der Waals surface area contributed by atoms with Gasteiger partial charge >= 0.3 is 0 Å². The van der Waals surface area contributed by atoms with Crippen LogP contribution in [0.5, 0.6) is 5.75 Å². The lowest BCUT2D eigenvalue weighted by molar-refractivity contribution is -0.143. The first-order valence-corrected chi connectivity index (χ1v) is 10.9. The van der Waals surface area contributed by atoms with Crippen LogP contribution in [-0.4, -0.2) is 79.4 Å². The van der Waals surface area contributed by atoms with Gasteiger partial charge in [-0.3, -0.25) is 9.59 Å². The second kappa shape index (κ2) is 8.34. The van der Waals surface area contributed by atoms with Crippen LogP contribution in [0.2, 0.25) is 0 Å². The van der Waals surface area contributed by atoms with Crippen LogP contribution in [0.1, 0.15) is 37.7 Å². The molecule has 0 bridgehead atoms. The molecule has 158 valence electrons. The van der Waals surface area contributed by atoms with Crippen LogP contribution in [-0.2, 0) is 16.0 Å². The van der Waals surface area contributed by atoms with Crippen LogP contribution in [0, 0.1) is 5.41 Å². The van der Waals surface area contributed by atoms with Crippen molar-refractivity contribution in [3.8, 4) is 5.75 Å². The van der Waals surface area contributed by atoms with Crippen LogP contribution < -0.4 is 4.74 Å². The predicted molar refractivity (Wildman–Crippen MR) is 112 cm³/mol. The molecule has 6 nitrogen and oxygen atoms in total. The number of carbonyl (C=O) groups excluding carboxylic acids is 2. The van der Waals surface area contributed by atoms with E-state index < -0.39 is 0 Å². The first-order valence-electron chi connectivity index (χ1n) is 10.9. The van der Waals surface area contributed by atoms with Gasteiger partial charge in [0.05, 0.1) is 18.9 Å². The molecule has 6 heteroatoms. The van der Waals surface area contributed by atoms with Gasteiger partial charge in [0.1, 0.15) is 5.75 Å². The van der Waals surface area contributed by atoms with Crippen LogP contribution in [0.15, 0.2) is 24.3 Å². The number of ether oxygens (including phenoxy) is 1. The van der Waals surface area contributed by atoms with Crippen molar-refractivity contribution in [2.45, 2.75) is 44.6 Å². The molecule has 3 saturated heterocycles. The van der Waals surface area contributed by atoms with Crippen LogP contribution >= 0.6 is 0 Å². The number of amides is 2. The fourth-order valence-corrected chi connectivity index (χ4v) is 5.50. The van der Waals surface area contributed by atoms with Gasteiger partial charge < -0.3 is 19.4 Å². The van der Waals surface area contributed by atoms with Gasteiger partial charge in [0.2, 0.25) is 11.8 Å². The summed E-state index contributed by atoms with van der Waals surface area (Å²) in [5, 5.41) is 0. The topological polar surface area (TPSA) is 53.1 Å². The number of carbonyl (C=O) groups is 2. The minimum absolute atomic E-state index is 0.154. The molecule has 0 aliphatic carbocycles. The molecular formula is C23H33N3O3. The Hall–Kier alpha value is -2.08. The Balaban J connectivity index is 1.46. The Morgan fingerprint density at radius 2 is 1.69 bits per heavy atom. The van der Waals surface area contributed by atoms with E-state index in [1.165, 1.54) is 0 Å². The molecule has 4 rings (SSSR count). The monoisotopic (exact) mass is 399 g/mol. The molecule has 3 fully saturated rings. The molecule has 0 spiro atoms. The highest BCUT2D eigenvalue weighted by Crippen LogP contribution is 2.45. The molecule has 0 N–H and O–H groups in total. The maximum atomic E-state index is 13.5. The van der Waals surface area contributed by atoms with Gasteiger partial charge in [0.15, 0.2) is 0 Å². The highest BCUT2D eigenvalue weighted by molar-refractivity contribution is 5.85. The first-order chi connectivity index (χ1) is 14.0. The zero-order valence-electron chi connectivity index (χ0n) is 17.7. The standard InChI is InChI=1S/C23H33N3O3/c1-24-15-10-23(22(28)26-12-3-4-13-26)11-16-25(14-9-20(23)24)21(27)17-18-5-7-19(29-2)8-6-18/h5-8,20H,3-4,9-17H2,1-2H3/t20-,23-/m1/s1. The number of hydrogen-bond donors (Lipinski definition) is 0. The Bertz CT molecular complexity index is 744. The first kappa shape index (κ1) is 20.2. The predicted octanol–water partition coefficient (Wildman–Crippen LogP) is 2.17. The third kappa shape index (κ3) is 3.87. The molecule has 1 aromatic carbocycles. The molecule has 2 amide bonds. The van der Waals surface area contributed by atoms with Crippen molar-refractivity contribution >= 4 is 11.8 Å². The normalized spacial score (nSPS) is 27.6. The highest BCUT2D eigenvalue weighted by Gasteiger charge is 2.54. The summed E-state index contributed by atoms with van der Waals surface area (Å²) in [6.45, 7) is 4.19. The van der Waals surface area contributed by atoms with Crippen molar-refractivity contribution < 1.29 is 14.3 Å². The lowest BCUT2D eigenvalue weighted by Crippen LogP contribution is -2.49. The number of likely N-dealkylation sites (tertiary alicyclic amines) is 3. The Morgan fingerprint density at radius 3 is 2.38 bits per heavy atom. The van der Waals surface area contributed by atoms with Crippen molar-refractivity contribution in [3.63, 3.8) is 0 Å². The summed E-state index contributed by atoms with van der Waals surface area (Å²) in [7, 11) is 3.78. The quantitative estimate of drug-likeness (QED) is 0.779. The van der Waals surface area contributed by atoms with E-state index in [1.807, 2.05) is 29.2 Å². The summed E-state index contributed by atoms with van der Waals surface area (Å²) in [5.74, 6) is 1.30. The summed E-state index contributed by atoms with van der Waals surface area (Å²) in [6, 6.07) is 7.95. The van der Waals surface area contributed by atoms with Gasteiger partial charge in [-0.05, 0) is 63.4 Å². The number of methoxy groups -OCH3 is 1. The lowest BCUT2D eigenvalue weighted by Gasteiger charge is -2.37. The minimum atomic E-state index is -0.311. The summed E-state index contributed by atoms with van der Waals surface area (Å²) in [5.41, 5.74) is 0.689. The largest absolute Gasteiger partial charge is 0.497 e. The van der Waals surface area contributed by atoms with E-state index in [-0.39, 0.29) is 17.4 Å². The average Bonchev–Trinajstić information content (AvgIpc) is 3.33. The third-order valence-electron chi connectivity index (χ3n) is 7.27. The van der Waals surface area contributed by atoms with Crippen molar-refractivity contribution in [1.82, 2.24) is 14.7 Å². The average molecular weight is 400 g/mol. The maximum Gasteiger partial charge on any atom is 0.230 e. The van der Waals surface area contributed by atoms with E-state index in [0.29, 0.717) is 18.9 Å². The highest BCUT2D eigenvalue weighted by atomic mass is 16.5. The van der Waals surface area contributed by atoms with Gasteiger partial charge in [0, 0.05) is 32.2 Å². The number of nitrogens with zero attached hydrogens (tertiary/aromatic N) is 3. The smallest absolute Gasteiger partial charge is 0.230 e. The van der Waals surface area contributed by atoms with E-state index in [2.05, 4.69) is 16.8 Å². The van der Waals surface area contributed by atoms with E-state index in [1.54, 1.807) is 7.11 Å². The molecule has 29 heavy (non-hydrogen) atoms. The Labute approximate surface area is 173 Å². The number of hydrogen-bond acceptors (Lipinski definition) is 4. The fourth-order valence-electron chi connectivity index (χ4n) is 5.50. The Morgan fingerprint density at radius 1 is 1.00 bits per heavy atom. The van der Waals surface area contributed by atoms with E-state index in [0.717, 1.165) is 69.6 Å². The SMILES string of the molecule is COc1ccc(CC(=O)N2CC[C@H]3N(C)CC[C@@]3(C(=O)N3CCCC3)CC2)cc1. The number of benzene rings is 1. The fraction of sp³-hybridized carbons (Fsp3) is 0.652. The van der Waals surface area contributed by atoms with E-state index in [4.69, 9.17) is 4.74 Å². The van der Waals surface area contributed by atoms with Gasteiger partial charge in [-0.25, -0.2) is 0 Å². The lowest BCUT2D eigenvalue weighted by atomic mass is 9.75. The number of rotatable bonds is 4. The molecule has 0 radical (unpaired) electrons.